The molecule has 0 fully saturated rings. The van der Waals surface area contributed by atoms with Crippen molar-refractivity contribution in [3.8, 4) is 0 Å². The van der Waals surface area contributed by atoms with Gasteiger partial charge in [0.2, 0.25) is 5.91 Å². The second kappa shape index (κ2) is 14.8. The van der Waals surface area contributed by atoms with E-state index < -0.39 is 0 Å². The Bertz CT molecular complexity index is 383. The van der Waals surface area contributed by atoms with Gasteiger partial charge < -0.3 is 16.0 Å². The molecule has 0 aliphatic heterocycles. The first-order valence-electron chi connectivity index (χ1n) is 8.73. The standard InChI is InChI=1S/C17H32N4O.HI/c1-3-12-19-16(22)11-14-21-17(18-4-2)20-13-10-15-8-6-5-7-9-15;/h8H,3-7,9-14H2,1-2H3,(H,19,22)(H2,18,20,21);1H. The summed E-state index contributed by atoms with van der Waals surface area (Å²) in [4.78, 5) is 16.0. The normalized spacial score (nSPS) is 14.5. The number of nitrogens with one attached hydrogen (secondary N) is 3. The number of guanidine groups is 1. The van der Waals surface area contributed by atoms with Crippen LogP contribution in [-0.4, -0.2) is 38.0 Å². The summed E-state index contributed by atoms with van der Waals surface area (Å²) in [5, 5.41) is 9.44. The highest BCUT2D eigenvalue weighted by atomic mass is 127. The fraction of sp³-hybridized carbons (Fsp3) is 0.765. The molecule has 134 valence electrons. The molecule has 0 aromatic carbocycles. The molecule has 1 amide bonds. The van der Waals surface area contributed by atoms with Gasteiger partial charge in [0.25, 0.3) is 0 Å². The second-order valence-electron chi connectivity index (χ2n) is 5.65. The molecule has 1 rings (SSSR count). The molecule has 1 aliphatic carbocycles. The van der Waals surface area contributed by atoms with Gasteiger partial charge in [-0.15, -0.1) is 24.0 Å². The van der Waals surface area contributed by atoms with Crippen LogP contribution in [0.2, 0.25) is 0 Å². The molecule has 6 heteroatoms. The van der Waals surface area contributed by atoms with Gasteiger partial charge >= 0.3 is 0 Å². The molecule has 0 bridgehead atoms. The zero-order valence-electron chi connectivity index (χ0n) is 14.6. The van der Waals surface area contributed by atoms with Crippen molar-refractivity contribution in [3.63, 3.8) is 0 Å². The van der Waals surface area contributed by atoms with Crippen molar-refractivity contribution in [1.82, 2.24) is 16.0 Å². The first-order chi connectivity index (χ1) is 10.8. The predicted molar refractivity (Wildman–Crippen MR) is 108 cm³/mol. The van der Waals surface area contributed by atoms with Crippen LogP contribution < -0.4 is 16.0 Å². The molecule has 0 unspecified atom stereocenters. The average Bonchev–Trinajstić information content (AvgIpc) is 2.54. The summed E-state index contributed by atoms with van der Waals surface area (Å²) in [6, 6.07) is 0. The second-order valence-corrected chi connectivity index (χ2v) is 5.65. The van der Waals surface area contributed by atoms with E-state index in [0.29, 0.717) is 13.0 Å². The monoisotopic (exact) mass is 436 g/mol. The first-order valence-corrected chi connectivity index (χ1v) is 8.73. The summed E-state index contributed by atoms with van der Waals surface area (Å²) >= 11 is 0. The molecule has 23 heavy (non-hydrogen) atoms. The number of amides is 1. The Morgan fingerprint density at radius 3 is 2.65 bits per heavy atom. The van der Waals surface area contributed by atoms with Gasteiger partial charge in [0.05, 0.1) is 6.54 Å². The summed E-state index contributed by atoms with van der Waals surface area (Å²) in [6.45, 7) is 7.10. The van der Waals surface area contributed by atoms with Crippen LogP contribution in [0.3, 0.4) is 0 Å². The summed E-state index contributed by atoms with van der Waals surface area (Å²) in [5.41, 5.74) is 1.56. The zero-order chi connectivity index (χ0) is 16.0. The van der Waals surface area contributed by atoms with Gasteiger partial charge in [-0.3, -0.25) is 9.79 Å². The summed E-state index contributed by atoms with van der Waals surface area (Å²) in [6.07, 6.45) is 10.0. The van der Waals surface area contributed by atoms with E-state index in [0.717, 1.165) is 38.4 Å². The van der Waals surface area contributed by atoms with Crippen molar-refractivity contribution in [1.29, 1.82) is 0 Å². The number of rotatable bonds is 9. The fourth-order valence-electron chi connectivity index (χ4n) is 2.44. The van der Waals surface area contributed by atoms with Crippen molar-refractivity contribution in [2.45, 2.75) is 58.8 Å². The summed E-state index contributed by atoms with van der Waals surface area (Å²) < 4.78 is 0. The molecule has 0 saturated heterocycles. The maximum Gasteiger partial charge on any atom is 0.221 e. The number of allylic oxidation sites excluding steroid dienone is 1. The number of carbonyl (C=O) groups is 1. The lowest BCUT2D eigenvalue weighted by molar-refractivity contribution is -0.120. The molecular weight excluding hydrogens is 403 g/mol. The van der Waals surface area contributed by atoms with Crippen molar-refractivity contribution < 1.29 is 4.79 Å². The molecule has 0 radical (unpaired) electrons. The summed E-state index contributed by atoms with van der Waals surface area (Å²) in [5.74, 6) is 0.885. The van der Waals surface area contributed by atoms with E-state index in [1.165, 1.54) is 25.7 Å². The van der Waals surface area contributed by atoms with Gasteiger partial charge in [-0.2, -0.15) is 0 Å². The molecule has 0 spiro atoms. The summed E-state index contributed by atoms with van der Waals surface area (Å²) in [7, 11) is 0. The van der Waals surface area contributed by atoms with Crippen LogP contribution in [0.25, 0.3) is 0 Å². The van der Waals surface area contributed by atoms with Crippen LogP contribution in [-0.2, 0) is 4.79 Å². The van der Waals surface area contributed by atoms with Crippen LogP contribution in [0.1, 0.15) is 58.8 Å². The van der Waals surface area contributed by atoms with E-state index in [1.54, 1.807) is 5.57 Å². The topological polar surface area (TPSA) is 65.5 Å². The highest BCUT2D eigenvalue weighted by Gasteiger charge is 2.04. The predicted octanol–water partition coefficient (Wildman–Crippen LogP) is 2.97. The van der Waals surface area contributed by atoms with Gasteiger partial charge in [-0.05, 0) is 45.4 Å². The third kappa shape index (κ3) is 11.4. The maximum atomic E-state index is 11.5. The number of halogens is 1. The average molecular weight is 436 g/mol. The van der Waals surface area contributed by atoms with E-state index >= 15 is 0 Å². The Morgan fingerprint density at radius 1 is 1.17 bits per heavy atom. The van der Waals surface area contributed by atoms with E-state index in [1.807, 2.05) is 6.92 Å². The number of hydrogen-bond acceptors (Lipinski definition) is 2. The number of hydrogen-bond donors (Lipinski definition) is 3. The van der Waals surface area contributed by atoms with Crippen molar-refractivity contribution in [2.24, 2.45) is 4.99 Å². The van der Waals surface area contributed by atoms with Crippen LogP contribution in [0, 0.1) is 0 Å². The first kappa shape index (κ1) is 22.2. The third-order valence-electron chi connectivity index (χ3n) is 3.65. The maximum absolute atomic E-state index is 11.5. The van der Waals surface area contributed by atoms with E-state index in [-0.39, 0.29) is 29.9 Å². The molecule has 3 N–H and O–H groups in total. The van der Waals surface area contributed by atoms with E-state index in [2.05, 4.69) is 33.9 Å². The van der Waals surface area contributed by atoms with E-state index in [9.17, 15) is 4.79 Å². The van der Waals surface area contributed by atoms with Gasteiger partial charge in [-0.1, -0.05) is 18.6 Å². The molecule has 0 heterocycles. The number of carbonyl (C=O) groups excluding carboxylic acids is 1. The van der Waals surface area contributed by atoms with Gasteiger partial charge in [0, 0.05) is 26.1 Å². The lowest BCUT2D eigenvalue weighted by Crippen LogP contribution is -2.38. The van der Waals surface area contributed by atoms with Crippen molar-refractivity contribution in [2.75, 3.05) is 26.2 Å². The van der Waals surface area contributed by atoms with E-state index in [4.69, 9.17) is 0 Å². The van der Waals surface area contributed by atoms with Crippen LogP contribution in [0.5, 0.6) is 0 Å². The minimum Gasteiger partial charge on any atom is -0.357 e. The molecule has 1 aliphatic rings. The zero-order valence-corrected chi connectivity index (χ0v) is 16.9. The van der Waals surface area contributed by atoms with Crippen molar-refractivity contribution in [3.05, 3.63) is 11.6 Å². The fourth-order valence-corrected chi connectivity index (χ4v) is 2.44. The largest absolute Gasteiger partial charge is 0.357 e. The lowest BCUT2D eigenvalue weighted by Gasteiger charge is -2.15. The Labute approximate surface area is 158 Å². The van der Waals surface area contributed by atoms with Crippen molar-refractivity contribution >= 4 is 35.8 Å². The number of nitrogens with zero attached hydrogens (tertiary/aromatic N) is 1. The molecule has 0 atom stereocenters. The lowest BCUT2D eigenvalue weighted by atomic mass is 9.97. The quantitative estimate of drug-likeness (QED) is 0.225. The van der Waals surface area contributed by atoms with Gasteiger partial charge in [0.15, 0.2) is 5.96 Å². The molecule has 5 nitrogen and oxygen atoms in total. The van der Waals surface area contributed by atoms with Crippen LogP contribution in [0.4, 0.5) is 0 Å². The van der Waals surface area contributed by atoms with Crippen LogP contribution in [0.15, 0.2) is 16.6 Å². The molecule has 0 aromatic rings. The molecule has 0 aromatic heterocycles. The minimum absolute atomic E-state index is 0. The van der Waals surface area contributed by atoms with Crippen LogP contribution >= 0.6 is 24.0 Å². The highest BCUT2D eigenvalue weighted by Crippen LogP contribution is 2.19. The minimum atomic E-state index is 0. The highest BCUT2D eigenvalue weighted by molar-refractivity contribution is 14.0. The van der Waals surface area contributed by atoms with Gasteiger partial charge in [-0.25, -0.2) is 0 Å². The Morgan fingerprint density at radius 2 is 2.00 bits per heavy atom. The number of aliphatic imine (C=N–C) groups is 1. The Hall–Kier alpha value is -0.790. The molecular formula is C17H33IN4O. The van der Waals surface area contributed by atoms with Gasteiger partial charge in [0.1, 0.15) is 0 Å². The molecule has 0 saturated carbocycles. The SMILES string of the molecule is CCCNC(=O)CCN=C(NCC)NCCC1=CCCCC1.I. The third-order valence-corrected chi connectivity index (χ3v) is 3.65. The Balaban J connectivity index is 0.00000484. The smallest absolute Gasteiger partial charge is 0.221 e. The Kier molecular flexibility index (Phi) is 14.3.